The zero-order valence-corrected chi connectivity index (χ0v) is 16.2. The van der Waals surface area contributed by atoms with Gasteiger partial charge in [-0.1, -0.05) is 24.3 Å². The fraction of sp³-hybridized carbons (Fsp3) is 0.476. The molecule has 0 saturated carbocycles. The molecule has 2 N–H and O–H groups in total. The third-order valence-electron chi connectivity index (χ3n) is 6.24. The molecule has 28 heavy (non-hydrogen) atoms. The van der Waals surface area contributed by atoms with Crippen molar-refractivity contribution >= 4 is 11.9 Å². The SMILES string of the molecule is COC(=O)CCN1CCC2(CC1)c1ccccc1CCn1c(C(N)=O)cnc12. The van der Waals surface area contributed by atoms with Crippen LogP contribution in [0.3, 0.4) is 0 Å². The highest BCUT2D eigenvalue weighted by molar-refractivity contribution is 5.91. The number of nitrogens with zero attached hydrogens (tertiary/aromatic N) is 3. The second-order valence-electron chi connectivity index (χ2n) is 7.64. The number of benzene rings is 1. The number of piperidine rings is 1. The summed E-state index contributed by atoms with van der Waals surface area (Å²) in [5, 5.41) is 0. The Labute approximate surface area is 164 Å². The van der Waals surface area contributed by atoms with Crippen LogP contribution >= 0.6 is 0 Å². The van der Waals surface area contributed by atoms with E-state index in [1.807, 2.05) is 4.57 Å². The predicted molar refractivity (Wildman–Crippen MR) is 104 cm³/mol. The highest BCUT2D eigenvalue weighted by Gasteiger charge is 2.44. The van der Waals surface area contributed by atoms with Gasteiger partial charge < -0.3 is 19.9 Å². The van der Waals surface area contributed by atoms with E-state index in [9.17, 15) is 9.59 Å². The lowest BCUT2D eigenvalue weighted by Crippen LogP contribution is -2.45. The van der Waals surface area contributed by atoms with E-state index in [2.05, 4.69) is 29.2 Å². The lowest BCUT2D eigenvalue weighted by Gasteiger charge is -2.42. The number of methoxy groups -OCH3 is 1. The Morgan fingerprint density at radius 3 is 2.68 bits per heavy atom. The number of amides is 1. The maximum Gasteiger partial charge on any atom is 0.306 e. The Kier molecular flexibility index (Phi) is 4.93. The van der Waals surface area contributed by atoms with Crippen molar-refractivity contribution in [3.63, 3.8) is 0 Å². The van der Waals surface area contributed by atoms with E-state index in [0.29, 0.717) is 25.2 Å². The van der Waals surface area contributed by atoms with Crippen molar-refractivity contribution < 1.29 is 14.3 Å². The summed E-state index contributed by atoms with van der Waals surface area (Å²) in [6.45, 7) is 3.14. The molecule has 0 radical (unpaired) electrons. The molecule has 0 unspecified atom stereocenters. The first kappa shape index (κ1) is 18.7. The molecule has 1 aromatic heterocycles. The highest BCUT2D eigenvalue weighted by atomic mass is 16.5. The van der Waals surface area contributed by atoms with Gasteiger partial charge >= 0.3 is 5.97 Å². The van der Waals surface area contributed by atoms with Crippen molar-refractivity contribution in [2.75, 3.05) is 26.7 Å². The number of carbonyl (C=O) groups excluding carboxylic acids is 2. The van der Waals surface area contributed by atoms with Crippen molar-refractivity contribution in [1.82, 2.24) is 14.5 Å². The Balaban J connectivity index is 1.68. The van der Waals surface area contributed by atoms with Gasteiger partial charge in [0, 0.05) is 13.1 Å². The average molecular weight is 382 g/mol. The highest BCUT2D eigenvalue weighted by Crippen LogP contribution is 2.44. The summed E-state index contributed by atoms with van der Waals surface area (Å²) in [7, 11) is 1.42. The number of esters is 1. The van der Waals surface area contributed by atoms with Crippen LogP contribution in [0.25, 0.3) is 0 Å². The first-order chi connectivity index (χ1) is 13.5. The number of carbonyl (C=O) groups is 2. The molecule has 148 valence electrons. The summed E-state index contributed by atoms with van der Waals surface area (Å²) in [4.78, 5) is 30.4. The Morgan fingerprint density at radius 2 is 1.96 bits per heavy atom. The van der Waals surface area contributed by atoms with Crippen molar-refractivity contribution in [2.45, 2.75) is 37.6 Å². The van der Waals surface area contributed by atoms with Crippen LogP contribution in [-0.2, 0) is 27.9 Å². The summed E-state index contributed by atoms with van der Waals surface area (Å²) in [6.07, 6.45) is 4.66. The van der Waals surface area contributed by atoms with Crippen molar-refractivity contribution in [3.05, 3.63) is 53.1 Å². The van der Waals surface area contributed by atoms with Crippen LogP contribution in [0.4, 0.5) is 0 Å². The van der Waals surface area contributed by atoms with Gasteiger partial charge in [0.2, 0.25) is 0 Å². The van der Waals surface area contributed by atoms with Crippen LogP contribution < -0.4 is 5.73 Å². The number of rotatable bonds is 4. The number of fused-ring (bicyclic) bond motifs is 4. The largest absolute Gasteiger partial charge is 0.469 e. The topological polar surface area (TPSA) is 90.5 Å². The molecule has 2 aromatic rings. The summed E-state index contributed by atoms with van der Waals surface area (Å²) in [6, 6.07) is 8.53. The smallest absolute Gasteiger partial charge is 0.306 e. The molecular weight excluding hydrogens is 356 g/mol. The van der Waals surface area contributed by atoms with E-state index in [1.165, 1.54) is 18.2 Å². The quantitative estimate of drug-likeness (QED) is 0.809. The number of aryl methyl sites for hydroxylation is 1. The van der Waals surface area contributed by atoms with E-state index in [0.717, 1.165) is 38.2 Å². The van der Waals surface area contributed by atoms with Crippen LogP contribution in [-0.4, -0.2) is 53.1 Å². The van der Waals surface area contributed by atoms with E-state index in [-0.39, 0.29) is 11.4 Å². The van der Waals surface area contributed by atoms with Crippen LogP contribution in [0, 0.1) is 0 Å². The third kappa shape index (κ3) is 3.09. The van der Waals surface area contributed by atoms with Gasteiger partial charge in [-0.25, -0.2) is 4.98 Å². The second kappa shape index (κ2) is 7.39. The zero-order chi connectivity index (χ0) is 19.7. The van der Waals surface area contributed by atoms with E-state index in [1.54, 1.807) is 6.20 Å². The van der Waals surface area contributed by atoms with Gasteiger partial charge in [-0.2, -0.15) is 0 Å². The van der Waals surface area contributed by atoms with Crippen molar-refractivity contribution in [2.24, 2.45) is 5.73 Å². The van der Waals surface area contributed by atoms with E-state index < -0.39 is 5.91 Å². The molecular formula is C21H26N4O3. The Morgan fingerprint density at radius 1 is 1.21 bits per heavy atom. The summed E-state index contributed by atoms with van der Waals surface area (Å²) in [5.41, 5.74) is 8.48. The zero-order valence-electron chi connectivity index (χ0n) is 16.2. The second-order valence-corrected chi connectivity index (χ2v) is 7.64. The number of primary amides is 1. The Hall–Kier alpha value is -2.67. The van der Waals surface area contributed by atoms with Gasteiger partial charge in [-0.15, -0.1) is 0 Å². The van der Waals surface area contributed by atoms with Crippen LogP contribution in [0.15, 0.2) is 30.5 Å². The first-order valence-corrected chi connectivity index (χ1v) is 9.78. The van der Waals surface area contributed by atoms with Crippen molar-refractivity contribution in [3.8, 4) is 0 Å². The third-order valence-corrected chi connectivity index (χ3v) is 6.24. The number of likely N-dealkylation sites (tertiary alicyclic amines) is 1. The molecule has 4 rings (SSSR count). The summed E-state index contributed by atoms with van der Waals surface area (Å²) in [5.74, 6) is 0.330. The number of ether oxygens (including phenoxy) is 1. The van der Waals surface area contributed by atoms with Gasteiger partial charge in [-0.05, 0) is 43.5 Å². The number of aromatic nitrogens is 2. The van der Waals surface area contributed by atoms with Gasteiger partial charge in [0.15, 0.2) is 0 Å². The Bertz CT molecular complexity index is 897. The molecule has 1 spiro atoms. The number of hydrogen-bond acceptors (Lipinski definition) is 5. The van der Waals surface area contributed by atoms with Gasteiger partial charge in [0.05, 0.1) is 25.1 Å². The number of imidazole rings is 1. The molecule has 1 amide bonds. The number of hydrogen-bond donors (Lipinski definition) is 1. The maximum absolute atomic E-state index is 11.9. The molecule has 0 bridgehead atoms. The minimum absolute atomic E-state index is 0.179. The van der Waals surface area contributed by atoms with E-state index in [4.69, 9.17) is 15.5 Å². The first-order valence-electron chi connectivity index (χ1n) is 9.78. The van der Waals surface area contributed by atoms with Crippen LogP contribution in [0.5, 0.6) is 0 Å². The van der Waals surface area contributed by atoms with Crippen LogP contribution in [0.2, 0.25) is 0 Å². The molecule has 3 heterocycles. The number of nitrogens with two attached hydrogens (primary N) is 1. The molecule has 0 atom stereocenters. The molecule has 2 aliphatic heterocycles. The lowest BCUT2D eigenvalue weighted by molar-refractivity contribution is -0.141. The summed E-state index contributed by atoms with van der Waals surface area (Å²) >= 11 is 0. The minimum atomic E-state index is -0.435. The lowest BCUT2D eigenvalue weighted by atomic mass is 9.70. The van der Waals surface area contributed by atoms with Gasteiger partial charge in [-0.3, -0.25) is 9.59 Å². The molecule has 7 nitrogen and oxygen atoms in total. The maximum atomic E-state index is 11.9. The van der Waals surface area contributed by atoms with E-state index >= 15 is 0 Å². The summed E-state index contributed by atoms with van der Waals surface area (Å²) < 4.78 is 6.78. The fourth-order valence-electron chi connectivity index (χ4n) is 4.74. The predicted octanol–water partition coefficient (Wildman–Crippen LogP) is 1.48. The molecule has 7 heteroatoms. The van der Waals surface area contributed by atoms with Gasteiger partial charge in [0.1, 0.15) is 11.5 Å². The normalized spacial score (nSPS) is 18.2. The minimum Gasteiger partial charge on any atom is -0.469 e. The standard InChI is InChI=1S/C21H26N4O3/c1-28-18(26)7-10-24-12-8-21(9-13-24)16-5-3-2-4-15(16)6-11-25-17(19(22)27)14-23-20(21)25/h2-5,14H,6-13H2,1H3,(H2,22,27). The molecule has 1 saturated heterocycles. The molecule has 2 aliphatic rings. The molecule has 1 fully saturated rings. The molecule has 0 aliphatic carbocycles. The molecule has 1 aromatic carbocycles. The van der Waals surface area contributed by atoms with Crippen LogP contribution in [0.1, 0.15) is 46.7 Å². The average Bonchev–Trinajstić information content (AvgIpc) is 3.11. The van der Waals surface area contributed by atoms with Crippen molar-refractivity contribution in [1.29, 1.82) is 0 Å². The van der Waals surface area contributed by atoms with Gasteiger partial charge in [0.25, 0.3) is 5.91 Å². The monoisotopic (exact) mass is 382 g/mol. The fourth-order valence-corrected chi connectivity index (χ4v) is 4.74.